The number of hydrogen-bond donors (Lipinski definition) is 7. The van der Waals surface area contributed by atoms with E-state index in [2.05, 4.69) is 44.5 Å². The number of imide groups is 2. The average molecular weight is 1110 g/mol. The molecule has 0 bridgehead atoms. The van der Waals surface area contributed by atoms with Crippen molar-refractivity contribution >= 4 is 108 Å². The molecule has 0 radical (unpaired) electrons. The van der Waals surface area contributed by atoms with Crippen LogP contribution >= 0.6 is 37.9 Å². The minimum atomic E-state index is -0.819. The Bertz CT molecular complexity index is 2560. The first-order valence-electron chi connectivity index (χ1n) is 25.1. The molecule has 21 heteroatoms. The highest BCUT2D eigenvalue weighted by molar-refractivity contribution is 8.00. The maximum Gasteiger partial charge on any atom is 0.253 e. The number of rotatable bonds is 26. The van der Waals surface area contributed by atoms with Gasteiger partial charge in [0.15, 0.2) is 0 Å². The standard InChI is InChI=1S/C28H34N4O5S.C16H18N2O3.C12H16N2O2S.H2S/c1-20(33)30-23(27(36)29-18-21-11-5-2-6-12-21)19-38-24-17-26(35)32(28(24)37)16-10-4-9-15-25(34)31-22-13-7-3-8-14-22;19-14(17-13-7-3-1-4-8-13)9-5-2-6-12-18-15(20)10-11-16(18)21;1-9(15)14-11(8-17)12(16)13-7-10-5-3-2-4-6-10;/h2-3,5-8,11-14,23-24H,4,9-10,15-19H2,1H3,(H,29,36)(H,30,33)(H,31,34);1,3-4,7-8,10-11H,2,5-6,9,12H2,(H,17,19);2-6,11,17H,7-8H2,1H3,(H,13,16)(H,14,15);1H2/t23-,24?;;11-;/m0.0./s1. The maximum atomic E-state index is 12.8. The fraction of sp³-hybridized carbons (Fsp3) is 0.357. The molecular formula is C56H70N8O10S3. The number of carbonyl (C=O) groups excluding carboxylic acids is 10. The number of carbonyl (C=O) groups is 10. The molecule has 1 fully saturated rings. The summed E-state index contributed by atoms with van der Waals surface area (Å²) in [5.74, 6) is -1.79. The molecule has 1 unspecified atom stereocenters. The molecule has 2 heterocycles. The number of thiol groups is 1. The summed E-state index contributed by atoms with van der Waals surface area (Å²) in [6, 6.07) is 36.1. The lowest BCUT2D eigenvalue weighted by Crippen LogP contribution is -2.47. The van der Waals surface area contributed by atoms with Crippen LogP contribution < -0.4 is 31.9 Å². The van der Waals surface area contributed by atoms with Gasteiger partial charge in [-0.3, -0.25) is 57.7 Å². The second-order valence-electron chi connectivity index (χ2n) is 17.6. The van der Waals surface area contributed by atoms with E-state index < -0.39 is 17.3 Å². The van der Waals surface area contributed by atoms with Crippen molar-refractivity contribution in [3.63, 3.8) is 0 Å². The molecule has 2 aliphatic heterocycles. The minimum absolute atomic E-state index is 0. The number of nitrogens with zero attached hydrogens (tertiary/aromatic N) is 2. The number of unbranched alkanes of at least 4 members (excludes halogenated alkanes) is 4. The van der Waals surface area contributed by atoms with Crippen molar-refractivity contribution in [1.29, 1.82) is 0 Å². The van der Waals surface area contributed by atoms with E-state index in [4.69, 9.17) is 0 Å². The Hall–Kier alpha value is -7.23. The lowest BCUT2D eigenvalue weighted by molar-refractivity contribution is -0.139. The van der Waals surface area contributed by atoms with Crippen molar-refractivity contribution in [2.24, 2.45) is 0 Å². The highest BCUT2D eigenvalue weighted by Gasteiger charge is 2.39. The lowest BCUT2D eigenvalue weighted by atomic mass is 10.1. The number of nitrogens with one attached hydrogen (secondary N) is 6. The molecule has 4 aromatic carbocycles. The van der Waals surface area contributed by atoms with E-state index in [1.807, 2.05) is 121 Å². The Kier molecular flexibility index (Phi) is 29.9. The highest BCUT2D eigenvalue weighted by Crippen LogP contribution is 2.26. The van der Waals surface area contributed by atoms with Crippen molar-refractivity contribution in [1.82, 2.24) is 31.1 Å². The quantitative estimate of drug-likeness (QED) is 0.0224. The predicted octanol–water partition coefficient (Wildman–Crippen LogP) is 5.83. The number of likely N-dealkylation sites (tertiary alicyclic amines) is 1. The van der Waals surface area contributed by atoms with Crippen LogP contribution in [0.15, 0.2) is 133 Å². The van der Waals surface area contributed by atoms with Gasteiger partial charge in [0.25, 0.3) is 11.8 Å². The third-order valence-corrected chi connectivity index (χ3v) is 13.1. The van der Waals surface area contributed by atoms with Gasteiger partial charge in [-0.15, -0.1) is 11.8 Å². The molecule has 0 saturated carbocycles. The van der Waals surface area contributed by atoms with Crippen LogP contribution in [-0.4, -0.2) is 111 Å². The third kappa shape index (κ3) is 25.0. The molecule has 3 atom stereocenters. The van der Waals surface area contributed by atoms with Crippen LogP contribution in [0.5, 0.6) is 0 Å². The van der Waals surface area contributed by atoms with Gasteiger partial charge < -0.3 is 31.9 Å². The molecular weight excluding hydrogens is 1040 g/mol. The summed E-state index contributed by atoms with van der Waals surface area (Å²) in [7, 11) is 0. The SMILES string of the molecule is CC(=O)N[C@@H](CS)C(=O)NCc1ccccc1.CC(=O)N[C@@H](CSC1CC(=O)N(CCCCCC(=O)Nc2ccccc2)C1=O)C(=O)NCc1ccccc1.O=C(CCCCCN1C(=O)C=CC1=O)Nc1ccccc1.S. The lowest BCUT2D eigenvalue weighted by Gasteiger charge is -2.19. The predicted molar refractivity (Wildman–Crippen MR) is 307 cm³/mol. The number of benzene rings is 4. The summed E-state index contributed by atoms with van der Waals surface area (Å²) in [6.45, 7) is 4.21. The van der Waals surface area contributed by atoms with Crippen LogP contribution in [0, 0.1) is 0 Å². The molecule has 6 rings (SSSR count). The number of thioether (sulfide) groups is 1. The van der Waals surface area contributed by atoms with Crippen LogP contribution in [0.4, 0.5) is 11.4 Å². The van der Waals surface area contributed by atoms with Crippen molar-refractivity contribution in [2.45, 2.75) is 102 Å². The zero-order valence-corrected chi connectivity index (χ0v) is 46.1. The monoisotopic (exact) mass is 1110 g/mol. The molecule has 0 aromatic heterocycles. The number of hydrogen-bond acceptors (Lipinski definition) is 12. The molecule has 6 N–H and O–H groups in total. The van der Waals surface area contributed by atoms with Gasteiger partial charge in [0, 0.05) is 94.3 Å². The van der Waals surface area contributed by atoms with E-state index >= 15 is 0 Å². The second kappa shape index (κ2) is 35.9. The van der Waals surface area contributed by atoms with Crippen LogP contribution in [-0.2, 0) is 61.0 Å². The molecule has 412 valence electrons. The van der Waals surface area contributed by atoms with Gasteiger partial charge in [-0.05, 0) is 61.1 Å². The van der Waals surface area contributed by atoms with Crippen molar-refractivity contribution in [2.75, 3.05) is 35.2 Å². The highest BCUT2D eigenvalue weighted by atomic mass is 32.2. The summed E-state index contributed by atoms with van der Waals surface area (Å²) in [6.07, 6.45) is 7.70. The average Bonchev–Trinajstić information content (AvgIpc) is 3.88. The summed E-state index contributed by atoms with van der Waals surface area (Å²) in [4.78, 5) is 121. The van der Waals surface area contributed by atoms with Gasteiger partial charge in [-0.2, -0.15) is 26.1 Å². The first-order valence-corrected chi connectivity index (χ1v) is 26.8. The van der Waals surface area contributed by atoms with E-state index in [-0.39, 0.29) is 90.5 Å². The fourth-order valence-electron chi connectivity index (χ4n) is 7.52. The van der Waals surface area contributed by atoms with Gasteiger partial charge in [0.1, 0.15) is 12.1 Å². The molecule has 10 amide bonds. The van der Waals surface area contributed by atoms with E-state index in [1.54, 1.807) is 0 Å². The van der Waals surface area contributed by atoms with Crippen molar-refractivity contribution in [3.05, 3.63) is 145 Å². The molecule has 4 aromatic rings. The van der Waals surface area contributed by atoms with Crippen molar-refractivity contribution in [3.8, 4) is 0 Å². The zero-order chi connectivity index (χ0) is 55.1. The largest absolute Gasteiger partial charge is 0.350 e. The van der Waals surface area contributed by atoms with Gasteiger partial charge in [-0.25, -0.2) is 0 Å². The first-order chi connectivity index (χ1) is 36.6. The van der Waals surface area contributed by atoms with E-state index in [0.29, 0.717) is 58.3 Å². The molecule has 1 saturated heterocycles. The third-order valence-electron chi connectivity index (χ3n) is 11.4. The van der Waals surface area contributed by atoms with Crippen LogP contribution in [0.3, 0.4) is 0 Å². The van der Waals surface area contributed by atoms with Crippen LogP contribution in [0.25, 0.3) is 0 Å². The summed E-state index contributed by atoms with van der Waals surface area (Å²) < 4.78 is 0. The van der Waals surface area contributed by atoms with Crippen LogP contribution in [0.1, 0.15) is 82.8 Å². The number of amides is 10. The van der Waals surface area contributed by atoms with Gasteiger partial charge in [0.2, 0.25) is 47.3 Å². The first kappa shape index (κ1) is 64.1. The van der Waals surface area contributed by atoms with E-state index in [1.165, 1.54) is 47.6 Å². The van der Waals surface area contributed by atoms with Gasteiger partial charge >= 0.3 is 0 Å². The Morgan fingerprint density at radius 1 is 0.558 bits per heavy atom. The second-order valence-corrected chi connectivity index (χ2v) is 19.2. The van der Waals surface area contributed by atoms with Crippen molar-refractivity contribution < 1.29 is 47.9 Å². The smallest absolute Gasteiger partial charge is 0.253 e. The summed E-state index contributed by atoms with van der Waals surface area (Å²) >= 11 is 5.24. The molecule has 18 nitrogen and oxygen atoms in total. The normalized spacial score (nSPS) is 14.1. The van der Waals surface area contributed by atoms with Gasteiger partial charge in [0.05, 0.1) is 5.25 Å². The molecule has 0 spiro atoms. The maximum absolute atomic E-state index is 12.8. The van der Waals surface area contributed by atoms with Gasteiger partial charge in [-0.1, -0.05) is 110 Å². The Labute approximate surface area is 466 Å². The van der Waals surface area contributed by atoms with Crippen LogP contribution in [0.2, 0.25) is 0 Å². The number of anilines is 2. The Morgan fingerprint density at radius 3 is 1.39 bits per heavy atom. The molecule has 77 heavy (non-hydrogen) atoms. The summed E-state index contributed by atoms with van der Waals surface area (Å²) in [5.41, 5.74) is 3.49. The zero-order valence-electron chi connectivity index (χ0n) is 43.4. The fourth-order valence-corrected chi connectivity index (χ4v) is 8.97. The molecule has 2 aliphatic rings. The topological polar surface area (TPSA) is 249 Å². The Morgan fingerprint density at radius 2 is 0.961 bits per heavy atom. The Balaban J connectivity index is 0.000000336. The van der Waals surface area contributed by atoms with E-state index in [9.17, 15) is 47.9 Å². The number of para-hydroxylation sites is 2. The molecule has 0 aliphatic carbocycles. The minimum Gasteiger partial charge on any atom is -0.350 e. The van der Waals surface area contributed by atoms with E-state index in [0.717, 1.165) is 41.8 Å². The summed E-state index contributed by atoms with van der Waals surface area (Å²) in [5, 5.41) is 15.8.